The van der Waals surface area contributed by atoms with Crippen molar-refractivity contribution in [1.29, 1.82) is 0 Å². The minimum atomic E-state index is -1.10. The topological polar surface area (TPSA) is 91.4 Å². The number of rotatable bonds is 5. The van der Waals surface area contributed by atoms with E-state index in [1.165, 1.54) is 0 Å². The number of carbonyl (C=O) groups excluding carboxylic acids is 1. The van der Waals surface area contributed by atoms with Gasteiger partial charge in [0.25, 0.3) is 0 Å². The van der Waals surface area contributed by atoms with E-state index in [9.17, 15) is 14.7 Å². The summed E-state index contributed by atoms with van der Waals surface area (Å²) in [7, 11) is 0. The van der Waals surface area contributed by atoms with E-state index in [4.69, 9.17) is 16.3 Å². The molecule has 3 N–H and O–H groups in total. The molecule has 1 amide bonds. The number of ether oxygens (including phenoxy) is 1. The van der Waals surface area contributed by atoms with Crippen molar-refractivity contribution < 1.29 is 19.4 Å². The molecule has 1 atom stereocenters. The summed E-state index contributed by atoms with van der Waals surface area (Å²) in [5, 5.41) is 13.3. The molecule has 0 spiro atoms. The van der Waals surface area contributed by atoms with Crippen LogP contribution in [0.15, 0.2) is 18.2 Å². The monoisotopic (exact) mass is 336 g/mol. The second-order valence-corrected chi connectivity index (χ2v) is 6.03. The van der Waals surface area contributed by atoms with Gasteiger partial charge in [0.2, 0.25) is 5.91 Å². The minimum Gasteiger partial charge on any atom is -0.477 e. The quantitative estimate of drug-likeness (QED) is 0.781. The number of hydrogen-bond acceptors (Lipinski definition) is 3. The Morgan fingerprint density at radius 3 is 2.96 bits per heavy atom. The molecule has 0 aliphatic carbocycles. The van der Waals surface area contributed by atoms with Crippen LogP contribution in [0.5, 0.6) is 0 Å². The van der Waals surface area contributed by atoms with Crippen LogP contribution >= 0.6 is 11.6 Å². The lowest BCUT2D eigenvalue weighted by atomic mass is 10.1. The Bertz CT molecular complexity index is 750. The molecule has 0 bridgehead atoms. The second-order valence-electron chi connectivity index (χ2n) is 5.59. The summed E-state index contributed by atoms with van der Waals surface area (Å²) in [6.45, 7) is 1.18. The highest BCUT2D eigenvalue weighted by molar-refractivity contribution is 6.31. The highest BCUT2D eigenvalue weighted by atomic mass is 35.5. The first-order valence-corrected chi connectivity index (χ1v) is 7.84. The third kappa shape index (κ3) is 3.48. The summed E-state index contributed by atoms with van der Waals surface area (Å²) in [4.78, 5) is 26.4. The van der Waals surface area contributed by atoms with Crippen LogP contribution < -0.4 is 5.32 Å². The number of carboxylic acids is 1. The van der Waals surface area contributed by atoms with Gasteiger partial charge >= 0.3 is 5.97 Å². The zero-order valence-electron chi connectivity index (χ0n) is 12.4. The van der Waals surface area contributed by atoms with E-state index < -0.39 is 5.97 Å². The number of hydrogen-bond donors (Lipinski definition) is 3. The molecule has 3 rings (SSSR count). The van der Waals surface area contributed by atoms with Crippen molar-refractivity contribution in [2.45, 2.75) is 25.4 Å². The van der Waals surface area contributed by atoms with Gasteiger partial charge in [-0.25, -0.2) is 4.79 Å². The van der Waals surface area contributed by atoms with E-state index in [2.05, 4.69) is 10.3 Å². The van der Waals surface area contributed by atoms with Gasteiger partial charge in [0.15, 0.2) is 0 Å². The Morgan fingerprint density at radius 1 is 1.43 bits per heavy atom. The number of halogens is 1. The molecule has 1 fully saturated rings. The minimum absolute atomic E-state index is 0.0192. The van der Waals surface area contributed by atoms with E-state index in [-0.39, 0.29) is 24.1 Å². The lowest BCUT2D eigenvalue weighted by Crippen LogP contribution is -2.33. The van der Waals surface area contributed by atoms with Gasteiger partial charge in [-0.05, 0) is 31.0 Å². The van der Waals surface area contributed by atoms with Crippen molar-refractivity contribution in [3.8, 4) is 0 Å². The fraction of sp³-hybridized carbons (Fsp3) is 0.375. The molecule has 23 heavy (non-hydrogen) atoms. The third-order valence-electron chi connectivity index (χ3n) is 3.97. The molecule has 1 aliphatic heterocycles. The van der Waals surface area contributed by atoms with E-state index in [1.807, 2.05) is 0 Å². The van der Waals surface area contributed by atoms with E-state index in [1.54, 1.807) is 18.2 Å². The standard InChI is InChI=1S/C16H17ClN2O4/c17-9-3-4-13-11(6-9)12(15(19-13)16(21)22)7-14(20)18-8-10-2-1-5-23-10/h3-4,6,10,19H,1-2,5,7-8H2,(H,18,20)(H,21,22). The molecule has 7 heteroatoms. The highest BCUT2D eigenvalue weighted by Gasteiger charge is 2.21. The van der Waals surface area contributed by atoms with Crippen LogP contribution in [0.3, 0.4) is 0 Å². The average molecular weight is 337 g/mol. The van der Waals surface area contributed by atoms with Gasteiger partial charge in [0, 0.05) is 34.6 Å². The van der Waals surface area contributed by atoms with Crippen molar-refractivity contribution in [3.05, 3.63) is 34.5 Å². The number of benzene rings is 1. The van der Waals surface area contributed by atoms with Crippen LogP contribution in [0.1, 0.15) is 28.9 Å². The molecule has 2 heterocycles. The summed E-state index contributed by atoms with van der Waals surface area (Å²) in [6.07, 6.45) is 1.97. The van der Waals surface area contributed by atoms with E-state index in [0.717, 1.165) is 19.4 Å². The molecule has 1 unspecified atom stereocenters. The Kier molecular flexibility index (Phi) is 4.54. The maximum Gasteiger partial charge on any atom is 0.352 e. The first-order chi connectivity index (χ1) is 11.0. The lowest BCUT2D eigenvalue weighted by molar-refractivity contribution is -0.120. The summed E-state index contributed by atoms with van der Waals surface area (Å²) in [6, 6.07) is 5.05. The molecule has 1 aromatic carbocycles. The average Bonchev–Trinajstić information content (AvgIpc) is 3.13. The van der Waals surface area contributed by atoms with Crippen molar-refractivity contribution in [3.63, 3.8) is 0 Å². The molecule has 2 aromatic rings. The summed E-state index contributed by atoms with van der Waals surface area (Å²) < 4.78 is 5.45. The molecular formula is C16H17ClN2O4. The van der Waals surface area contributed by atoms with Gasteiger partial charge in [-0.1, -0.05) is 11.6 Å². The van der Waals surface area contributed by atoms with Crippen LogP contribution in [0.4, 0.5) is 0 Å². The number of carboxylic acid groups (broad SMARTS) is 1. The highest BCUT2D eigenvalue weighted by Crippen LogP contribution is 2.26. The molecule has 0 saturated carbocycles. The van der Waals surface area contributed by atoms with Crippen molar-refractivity contribution in [2.24, 2.45) is 0 Å². The summed E-state index contributed by atoms with van der Waals surface area (Å²) in [5.74, 6) is -1.33. The molecule has 1 aromatic heterocycles. The number of carbonyl (C=O) groups is 2. The molecule has 122 valence electrons. The van der Waals surface area contributed by atoms with Crippen LogP contribution in [0.25, 0.3) is 10.9 Å². The van der Waals surface area contributed by atoms with Crippen LogP contribution in [-0.4, -0.2) is 41.2 Å². The summed E-state index contributed by atoms with van der Waals surface area (Å²) in [5.41, 5.74) is 1.11. The van der Waals surface area contributed by atoms with Crippen LogP contribution in [-0.2, 0) is 16.0 Å². The maximum absolute atomic E-state index is 12.2. The van der Waals surface area contributed by atoms with Crippen molar-refractivity contribution in [2.75, 3.05) is 13.2 Å². The first-order valence-electron chi connectivity index (χ1n) is 7.46. The summed E-state index contributed by atoms with van der Waals surface area (Å²) >= 11 is 5.98. The van der Waals surface area contributed by atoms with Crippen molar-refractivity contribution >= 4 is 34.4 Å². The van der Waals surface area contributed by atoms with E-state index >= 15 is 0 Å². The largest absolute Gasteiger partial charge is 0.477 e. The number of aromatic nitrogens is 1. The second kappa shape index (κ2) is 6.60. The Hall–Kier alpha value is -2.05. The van der Waals surface area contributed by atoms with Crippen molar-refractivity contribution in [1.82, 2.24) is 10.3 Å². The Balaban J connectivity index is 1.79. The number of nitrogens with one attached hydrogen (secondary N) is 2. The van der Waals surface area contributed by atoms with E-state index in [0.29, 0.717) is 28.0 Å². The molecular weight excluding hydrogens is 320 g/mol. The SMILES string of the molecule is O=C(Cc1c(C(=O)O)[nH]c2ccc(Cl)cc12)NCC1CCCO1. The van der Waals surface area contributed by atoms with Crippen LogP contribution in [0.2, 0.25) is 5.02 Å². The lowest BCUT2D eigenvalue weighted by Gasteiger charge is -2.10. The number of fused-ring (bicyclic) bond motifs is 1. The van der Waals surface area contributed by atoms with Crippen LogP contribution in [0, 0.1) is 0 Å². The first kappa shape index (κ1) is 15.8. The zero-order chi connectivity index (χ0) is 16.4. The number of aromatic amines is 1. The van der Waals surface area contributed by atoms with Gasteiger partial charge < -0.3 is 20.1 Å². The molecule has 1 saturated heterocycles. The van der Waals surface area contributed by atoms with Gasteiger partial charge in [-0.15, -0.1) is 0 Å². The van der Waals surface area contributed by atoms with Gasteiger partial charge in [0.1, 0.15) is 5.69 Å². The normalized spacial score (nSPS) is 17.5. The molecule has 6 nitrogen and oxygen atoms in total. The van der Waals surface area contributed by atoms with Gasteiger partial charge in [-0.2, -0.15) is 0 Å². The zero-order valence-corrected chi connectivity index (χ0v) is 13.2. The molecule has 0 radical (unpaired) electrons. The number of amides is 1. The Morgan fingerprint density at radius 2 is 2.26 bits per heavy atom. The Labute approximate surface area is 137 Å². The number of aromatic carboxylic acids is 1. The predicted octanol–water partition coefficient (Wildman–Crippen LogP) is 2.36. The molecule has 1 aliphatic rings. The maximum atomic E-state index is 12.2. The smallest absolute Gasteiger partial charge is 0.352 e. The van der Waals surface area contributed by atoms with Gasteiger partial charge in [-0.3, -0.25) is 4.79 Å². The van der Waals surface area contributed by atoms with Gasteiger partial charge in [0.05, 0.1) is 12.5 Å². The fourth-order valence-electron chi connectivity index (χ4n) is 2.84. The predicted molar refractivity (Wildman–Crippen MR) is 86.0 cm³/mol. The number of H-pyrrole nitrogens is 1. The fourth-order valence-corrected chi connectivity index (χ4v) is 3.01. The third-order valence-corrected chi connectivity index (χ3v) is 4.21.